The van der Waals surface area contributed by atoms with Crippen molar-refractivity contribution in [1.82, 2.24) is 9.97 Å². The zero-order valence-electron chi connectivity index (χ0n) is 12.2. The number of anilines is 1. The normalized spacial score (nSPS) is 26.6. The van der Waals surface area contributed by atoms with Gasteiger partial charge in [0.1, 0.15) is 0 Å². The predicted molar refractivity (Wildman–Crippen MR) is 79.5 cm³/mol. The van der Waals surface area contributed by atoms with Gasteiger partial charge in [0.25, 0.3) is 0 Å². The largest absolute Gasteiger partial charge is 0.399 e. The fourth-order valence-corrected chi connectivity index (χ4v) is 2.79. The molecule has 5 heteroatoms. The van der Waals surface area contributed by atoms with E-state index in [9.17, 15) is 0 Å². The van der Waals surface area contributed by atoms with E-state index in [2.05, 4.69) is 30.3 Å². The van der Waals surface area contributed by atoms with Crippen LogP contribution in [0.4, 0.5) is 5.95 Å². The average Bonchev–Trinajstić information content (AvgIpc) is 3.21. The van der Waals surface area contributed by atoms with Crippen molar-refractivity contribution in [3.63, 3.8) is 0 Å². The zero-order chi connectivity index (χ0) is 14.3. The molecule has 1 aromatic rings. The summed E-state index contributed by atoms with van der Waals surface area (Å²) in [7, 11) is 0. The third-order valence-electron chi connectivity index (χ3n) is 3.82. The molecule has 0 unspecified atom stereocenters. The standard InChI is InChI=1S/C15H22N4O/c1-9-7-19(8-10(2)20-9)15-17-6-13(11(3)16)14(18-15)12-4-5-12/h6,9-10,12H,3-5,7-8,16H2,1-2H3/t9-,10+. The van der Waals surface area contributed by atoms with E-state index in [4.69, 9.17) is 15.5 Å². The minimum Gasteiger partial charge on any atom is -0.399 e. The van der Waals surface area contributed by atoms with Gasteiger partial charge in [-0.3, -0.25) is 0 Å². The summed E-state index contributed by atoms with van der Waals surface area (Å²) in [5.41, 5.74) is 8.37. The molecule has 1 aromatic heterocycles. The minimum absolute atomic E-state index is 0.205. The number of morpholine rings is 1. The number of rotatable bonds is 3. The highest BCUT2D eigenvalue weighted by Gasteiger charge is 2.30. The van der Waals surface area contributed by atoms with Crippen molar-refractivity contribution in [1.29, 1.82) is 0 Å². The van der Waals surface area contributed by atoms with E-state index in [1.54, 1.807) is 0 Å². The summed E-state index contributed by atoms with van der Waals surface area (Å²) in [5.74, 6) is 1.32. The highest BCUT2D eigenvalue weighted by molar-refractivity contribution is 5.63. The van der Waals surface area contributed by atoms with Gasteiger partial charge in [-0.25, -0.2) is 9.97 Å². The lowest BCUT2D eigenvalue weighted by atomic mass is 10.1. The summed E-state index contributed by atoms with van der Waals surface area (Å²) in [4.78, 5) is 11.5. The first-order chi connectivity index (χ1) is 9.54. The van der Waals surface area contributed by atoms with Crippen LogP contribution in [-0.4, -0.2) is 35.3 Å². The summed E-state index contributed by atoms with van der Waals surface area (Å²) >= 11 is 0. The van der Waals surface area contributed by atoms with Crippen LogP contribution in [0, 0.1) is 0 Å². The van der Waals surface area contributed by atoms with Gasteiger partial charge in [-0.2, -0.15) is 0 Å². The van der Waals surface area contributed by atoms with E-state index in [-0.39, 0.29) is 12.2 Å². The molecular weight excluding hydrogens is 252 g/mol. The van der Waals surface area contributed by atoms with Crippen LogP contribution in [0.15, 0.2) is 12.8 Å². The Morgan fingerprint density at radius 1 is 1.35 bits per heavy atom. The lowest BCUT2D eigenvalue weighted by Crippen LogP contribution is -2.46. The maximum Gasteiger partial charge on any atom is 0.225 e. The van der Waals surface area contributed by atoms with Crippen LogP contribution in [0.25, 0.3) is 5.70 Å². The van der Waals surface area contributed by atoms with E-state index in [0.29, 0.717) is 11.6 Å². The molecule has 2 heterocycles. The number of nitrogens with zero attached hydrogens (tertiary/aromatic N) is 3. The monoisotopic (exact) mass is 274 g/mol. The lowest BCUT2D eigenvalue weighted by molar-refractivity contribution is -0.00573. The number of aromatic nitrogens is 2. The van der Waals surface area contributed by atoms with Gasteiger partial charge in [-0.1, -0.05) is 6.58 Å². The Balaban J connectivity index is 1.90. The topological polar surface area (TPSA) is 64.3 Å². The first kappa shape index (κ1) is 13.4. The molecule has 0 spiro atoms. The van der Waals surface area contributed by atoms with Crippen LogP contribution in [0.2, 0.25) is 0 Å². The molecule has 0 amide bonds. The van der Waals surface area contributed by atoms with Gasteiger partial charge < -0.3 is 15.4 Å². The molecule has 0 aromatic carbocycles. The van der Waals surface area contributed by atoms with Crippen molar-refractivity contribution >= 4 is 11.6 Å². The third-order valence-corrected chi connectivity index (χ3v) is 3.82. The van der Waals surface area contributed by atoms with Crippen LogP contribution >= 0.6 is 0 Å². The van der Waals surface area contributed by atoms with Crippen molar-refractivity contribution < 1.29 is 4.74 Å². The minimum atomic E-state index is 0.205. The maximum absolute atomic E-state index is 5.84. The van der Waals surface area contributed by atoms with Gasteiger partial charge in [0, 0.05) is 36.5 Å². The molecule has 20 heavy (non-hydrogen) atoms. The Morgan fingerprint density at radius 3 is 2.55 bits per heavy atom. The second-order valence-electron chi connectivity index (χ2n) is 5.93. The van der Waals surface area contributed by atoms with Crippen LogP contribution in [0.1, 0.15) is 43.9 Å². The molecular formula is C15H22N4O. The molecule has 2 atom stereocenters. The number of hydrogen-bond donors (Lipinski definition) is 1. The predicted octanol–water partition coefficient (Wildman–Crippen LogP) is 1.90. The van der Waals surface area contributed by atoms with Gasteiger partial charge in [-0.15, -0.1) is 0 Å². The maximum atomic E-state index is 5.84. The molecule has 3 rings (SSSR count). The molecule has 1 saturated heterocycles. The number of hydrogen-bond acceptors (Lipinski definition) is 5. The SMILES string of the molecule is C=C(N)c1cnc(N2C[C@@H](C)O[C@@H](C)C2)nc1C1CC1. The number of ether oxygens (including phenoxy) is 1. The Labute approximate surface area is 119 Å². The van der Waals surface area contributed by atoms with Crippen molar-refractivity contribution in [3.8, 4) is 0 Å². The molecule has 0 bridgehead atoms. The highest BCUT2D eigenvalue weighted by Crippen LogP contribution is 2.41. The summed E-state index contributed by atoms with van der Waals surface area (Å²) in [5, 5.41) is 0. The number of nitrogens with two attached hydrogens (primary N) is 1. The van der Waals surface area contributed by atoms with Crippen LogP contribution in [0.3, 0.4) is 0 Å². The van der Waals surface area contributed by atoms with Crippen LogP contribution in [0.5, 0.6) is 0 Å². The van der Waals surface area contributed by atoms with Crippen molar-refractivity contribution in [2.24, 2.45) is 5.73 Å². The lowest BCUT2D eigenvalue weighted by Gasteiger charge is -2.35. The molecule has 0 radical (unpaired) electrons. The molecule has 1 aliphatic carbocycles. The summed E-state index contributed by atoms with van der Waals surface area (Å²) < 4.78 is 5.76. The molecule has 2 aliphatic rings. The Morgan fingerprint density at radius 2 is 2.00 bits per heavy atom. The van der Waals surface area contributed by atoms with Gasteiger partial charge in [0.15, 0.2) is 0 Å². The first-order valence-electron chi connectivity index (χ1n) is 7.26. The fraction of sp³-hybridized carbons (Fsp3) is 0.600. The van der Waals surface area contributed by atoms with E-state index < -0.39 is 0 Å². The Kier molecular flexibility index (Phi) is 3.38. The molecule has 108 valence electrons. The second kappa shape index (κ2) is 5.05. The van der Waals surface area contributed by atoms with Crippen molar-refractivity contribution in [2.45, 2.75) is 44.8 Å². The van der Waals surface area contributed by atoms with Gasteiger partial charge in [0.05, 0.1) is 17.9 Å². The summed E-state index contributed by atoms with van der Waals surface area (Å²) in [6, 6.07) is 0. The molecule has 2 N–H and O–H groups in total. The average molecular weight is 274 g/mol. The second-order valence-corrected chi connectivity index (χ2v) is 5.93. The van der Waals surface area contributed by atoms with E-state index >= 15 is 0 Å². The van der Waals surface area contributed by atoms with E-state index in [0.717, 1.165) is 30.3 Å². The smallest absolute Gasteiger partial charge is 0.225 e. The Bertz CT molecular complexity index is 517. The first-order valence-corrected chi connectivity index (χ1v) is 7.26. The molecule has 1 aliphatic heterocycles. The van der Waals surface area contributed by atoms with Crippen LogP contribution < -0.4 is 10.6 Å². The fourth-order valence-electron chi connectivity index (χ4n) is 2.79. The Hall–Kier alpha value is -1.62. The zero-order valence-corrected chi connectivity index (χ0v) is 12.2. The van der Waals surface area contributed by atoms with E-state index in [1.165, 1.54) is 12.8 Å². The van der Waals surface area contributed by atoms with Gasteiger partial charge in [0.2, 0.25) is 5.95 Å². The summed E-state index contributed by atoms with van der Waals surface area (Å²) in [6.07, 6.45) is 4.61. The highest BCUT2D eigenvalue weighted by atomic mass is 16.5. The van der Waals surface area contributed by atoms with Crippen molar-refractivity contribution in [2.75, 3.05) is 18.0 Å². The molecule has 2 fully saturated rings. The van der Waals surface area contributed by atoms with Crippen LogP contribution in [-0.2, 0) is 4.74 Å². The molecule has 1 saturated carbocycles. The quantitative estimate of drug-likeness (QED) is 0.912. The van der Waals surface area contributed by atoms with Gasteiger partial charge >= 0.3 is 0 Å². The van der Waals surface area contributed by atoms with E-state index in [1.807, 2.05) is 6.20 Å². The van der Waals surface area contributed by atoms with Crippen molar-refractivity contribution in [3.05, 3.63) is 24.0 Å². The molecule has 5 nitrogen and oxygen atoms in total. The summed E-state index contributed by atoms with van der Waals surface area (Å²) in [6.45, 7) is 9.66. The van der Waals surface area contributed by atoms with Gasteiger partial charge in [-0.05, 0) is 26.7 Å². The third kappa shape index (κ3) is 2.63.